The third-order valence-corrected chi connectivity index (χ3v) is 2.04. The molecule has 2 rings (SSSR count). The van der Waals surface area contributed by atoms with Crippen LogP contribution < -0.4 is 0 Å². The highest BCUT2D eigenvalue weighted by molar-refractivity contribution is 5.90. The molecule has 0 amide bonds. The monoisotopic (exact) mass is 198 g/mol. The summed E-state index contributed by atoms with van der Waals surface area (Å²) >= 11 is 0. The van der Waals surface area contributed by atoms with Gasteiger partial charge >= 0.3 is 0 Å². The molecular formula is C15H18. The first-order chi connectivity index (χ1) is 7.33. The fourth-order valence-corrected chi connectivity index (χ4v) is 1.43. The Morgan fingerprint density at radius 1 is 1.00 bits per heavy atom. The molecule has 0 bridgehead atoms. The van der Waals surface area contributed by atoms with Gasteiger partial charge in [0.2, 0.25) is 0 Å². The molecule has 0 heteroatoms. The Morgan fingerprint density at radius 2 is 1.60 bits per heavy atom. The largest absolute Gasteiger partial charge is 0.0984 e. The molecule has 0 aliphatic carbocycles. The van der Waals surface area contributed by atoms with Crippen LogP contribution >= 0.6 is 0 Å². The Balaban J connectivity index is 0.000000337. The average molecular weight is 198 g/mol. The molecule has 0 nitrogen and oxygen atoms in total. The summed E-state index contributed by atoms with van der Waals surface area (Å²) in [4.78, 5) is 0. The van der Waals surface area contributed by atoms with Crippen molar-refractivity contribution < 1.29 is 0 Å². The van der Waals surface area contributed by atoms with Gasteiger partial charge in [-0.3, -0.25) is 0 Å². The van der Waals surface area contributed by atoms with E-state index in [0.29, 0.717) is 0 Å². The Morgan fingerprint density at radius 3 is 2.27 bits per heavy atom. The van der Waals surface area contributed by atoms with Gasteiger partial charge in [-0.05, 0) is 16.3 Å². The van der Waals surface area contributed by atoms with E-state index in [1.165, 1.54) is 22.8 Å². The second-order valence-electron chi connectivity index (χ2n) is 3.48. The minimum absolute atomic E-state index is 1.20. The molecule has 0 radical (unpaired) electrons. The molecule has 0 aromatic heterocycles. The molecule has 2 aromatic rings. The normalized spacial score (nSPS) is 9.20. The molecule has 0 aliphatic rings. The van der Waals surface area contributed by atoms with E-state index < -0.39 is 0 Å². The van der Waals surface area contributed by atoms with E-state index in [1.54, 1.807) is 0 Å². The van der Waals surface area contributed by atoms with Crippen LogP contribution in [0.4, 0.5) is 0 Å². The van der Waals surface area contributed by atoms with Gasteiger partial charge in [-0.2, -0.15) is 0 Å². The second-order valence-corrected chi connectivity index (χ2v) is 3.48. The lowest BCUT2D eigenvalue weighted by Crippen LogP contribution is -1.75. The maximum atomic E-state index is 3.78. The SMILES string of the molecule is C=Cc1cccc2ccccc12.CCC. The molecule has 0 unspecified atom stereocenters. The van der Waals surface area contributed by atoms with Crippen LogP contribution in [0.15, 0.2) is 49.0 Å². The smallest absolute Gasteiger partial charge is 0.0112 e. The predicted molar refractivity (Wildman–Crippen MR) is 70.0 cm³/mol. The van der Waals surface area contributed by atoms with E-state index in [4.69, 9.17) is 0 Å². The van der Waals surface area contributed by atoms with Crippen LogP contribution in [-0.2, 0) is 0 Å². The fraction of sp³-hybridized carbons (Fsp3) is 0.200. The van der Waals surface area contributed by atoms with Crippen molar-refractivity contribution >= 4 is 16.8 Å². The maximum Gasteiger partial charge on any atom is -0.0112 e. The summed E-state index contributed by atoms with van der Waals surface area (Å²) in [6, 6.07) is 14.6. The fourth-order valence-electron chi connectivity index (χ4n) is 1.43. The molecule has 0 heterocycles. The van der Waals surface area contributed by atoms with E-state index >= 15 is 0 Å². The highest BCUT2D eigenvalue weighted by atomic mass is 14.0. The maximum absolute atomic E-state index is 3.78. The Bertz CT molecular complexity index is 421. The van der Waals surface area contributed by atoms with Crippen molar-refractivity contribution in [2.75, 3.05) is 0 Å². The summed E-state index contributed by atoms with van der Waals surface area (Å²) < 4.78 is 0. The molecule has 0 fully saturated rings. The standard InChI is InChI=1S/C12H10.C3H8/c1-2-10-7-5-8-11-6-3-4-9-12(10)11;1-3-2/h2-9H,1H2;3H2,1-2H3. The van der Waals surface area contributed by atoms with Crippen LogP contribution in [0.1, 0.15) is 25.8 Å². The quantitative estimate of drug-likeness (QED) is 0.611. The average Bonchev–Trinajstić information content (AvgIpc) is 2.29. The molecule has 78 valence electrons. The van der Waals surface area contributed by atoms with Gasteiger partial charge in [0.15, 0.2) is 0 Å². The molecule has 2 aromatic carbocycles. The molecular weight excluding hydrogens is 180 g/mol. The van der Waals surface area contributed by atoms with Crippen molar-refractivity contribution in [3.8, 4) is 0 Å². The van der Waals surface area contributed by atoms with Crippen LogP contribution in [0.5, 0.6) is 0 Å². The van der Waals surface area contributed by atoms with Gasteiger partial charge in [-0.15, -0.1) is 0 Å². The van der Waals surface area contributed by atoms with E-state index in [1.807, 2.05) is 6.08 Å². The van der Waals surface area contributed by atoms with Crippen LogP contribution in [0.25, 0.3) is 16.8 Å². The summed E-state index contributed by atoms with van der Waals surface area (Å²) in [5, 5.41) is 2.55. The summed E-state index contributed by atoms with van der Waals surface area (Å²) in [5.74, 6) is 0. The Kier molecular flexibility index (Phi) is 4.62. The van der Waals surface area contributed by atoms with Gasteiger partial charge in [0.05, 0.1) is 0 Å². The molecule has 0 spiro atoms. The number of hydrogen-bond acceptors (Lipinski definition) is 0. The van der Waals surface area contributed by atoms with Crippen molar-refractivity contribution in [1.29, 1.82) is 0 Å². The zero-order chi connectivity index (χ0) is 11.1. The van der Waals surface area contributed by atoms with Crippen molar-refractivity contribution in [2.45, 2.75) is 20.3 Å². The van der Waals surface area contributed by atoms with E-state index in [-0.39, 0.29) is 0 Å². The van der Waals surface area contributed by atoms with Gasteiger partial charge in [0.25, 0.3) is 0 Å². The zero-order valence-corrected chi connectivity index (χ0v) is 9.53. The molecule has 0 saturated heterocycles. The summed E-state index contributed by atoms with van der Waals surface area (Å²) in [5.41, 5.74) is 1.20. The highest BCUT2D eigenvalue weighted by Gasteiger charge is 1.93. The van der Waals surface area contributed by atoms with Crippen molar-refractivity contribution in [3.63, 3.8) is 0 Å². The molecule has 0 N–H and O–H groups in total. The lowest BCUT2D eigenvalue weighted by atomic mass is 10.1. The van der Waals surface area contributed by atoms with Gasteiger partial charge in [0.1, 0.15) is 0 Å². The highest BCUT2D eigenvalue weighted by Crippen LogP contribution is 2.18. The molecule has 0 saturated carbocycles. The first kappa shape index (κ1) is 11.5. The van der Waals surface area contributed by atoms with E-state index in [2.05, 4.69) is 62.9 Å². The van der Waals surface area contributed by atoms with Gasteiger partial charge in [-0.25, -0.2) is 0 Å². The summed E-state index contributed by atoms with van der Waals surface area (Å²) in [6.07, 6.45) is 3.14. The Labute approximate surface area is 92.3 Å². The Hall–Kier alpha value is -1.56. The van der Waals surface area contributed by atoms with Crippen molar-refractivity contribution in [1.82, 2.24) is 0 Å². The number of fused-ring (bicyclic) bond motifs is 1. The molecule has 15 heavy (non-hydrogen) atoms. The van der Waals surface area contributed by atoms with Crippen molar-refractivity contribution in [2.24, 2.45) is 0 Å². The van der Waals surface area contributed by atoms with Crippen molar-refractivity contribution in [3.05, 3.63) is 54.6 Å². The summed E-state index contributed by atoms with van der Waals surface area (Å²) in [6.45, 7) is 8.03. The molecule has 0 atom stereocenters. The van der Waals surface area contributed by atoms with Crippen LogP contribution in [0.2, 0.25) is 0 Å². The van der Waals surface area contributed by atoms with Gasteiger partial charge in [0, 0.05) is 0 Å². The van der Waals surface area contributed by atoms with Gasteiger partial charge < -0.3 is 0 Å². The van der Waals surface area contributed by atoms with E-state index in [9.17, 15) is 0 Å². The summed E-state index contributed by atoms with van der Waals surface area (Å²) in [7, 11) is 0. The number of benzene rings is 2. The van der Waals surface area contributed by atoms with Crippen LogP contribution in [0.3, 0.4) is 0 Å². The third kappa shape index (κ3) is 2.95. The topological polar surface area (TPSA) is 0 Å². The first-order valence-electron chi connectivity index (χ1n) is 5.43. The zero-order valence-electron chi connectivity index (χ0n) is 9.53. The van der Waals surface area contributed by atoms with E-state index in [0.717, 1.165) is 0 Å². The lowest BCUT2D eigenvalue weighted by Gasteiger charge is -1.99. The number of hydrogen-bond donors (Lipinski definition) is 0. The van der Waals surface area contributed by atoms with Crippen LogP contribution in [-0.4, -0.2) is 0 Å². The minimum Gasteiger partial charge on any atom is -0.0984 e. The molecule has 0 aliphatic heterocycles. The van der Waals surface area contributed by atoms with Gasteiger partial charge in [-0.1, -0.05) is 75.4 Å². The first-order valence-corrected chi connectivity index (χ1v) is 5.43. The predicted octanol–water partition coefficient (Wildman–Crippen LogP) is 4.90. The third-order valence-electron chi connectivity index (χ3n) is 2.04. The minimum atomic E-state index is 1.20. The van der Waals surface area contributed by atoms with Crippen LogP contribution in [0, 0.1) is 0 Å². The number of rotatable bonds is 1. The lowest BCUT2D eigenvalue weighted by molar-refractivity contribution is 1.09. The second kappa shape index (κ2) is 6.02.